The van der Waals surface area contributed by atoms with Gasteiger partial charge in [-0.3, -0.25) is 4.90 Å². The Kier molecular flexibility index (Phi) is 4.71. The van der Waals surface area contributed by atoms with Gasteiger partial charge in [0, 0.05) is 30.7 Å². The van der Waals surface area contributed by atoms with E-state index in [9.17, 15) is 0 Å². The van der Waals surface area contributed by atoms with E-state index in [1.165, 1.54) is 35.2 Å². The van der Waals surface area contributed by atoms with Crippen molar-refractivity contribution in [3.05, 3.63) is 89.7 Å². The largest absolute Gasteiger partial charge is 0.324 e. The molecule has 1 heterocycles. The second-order valence-corrected chi connectivity index (χ2v) is 7.06. The molecule has 0 spiro atoms. The molecule has 0 amide bonds. The van der Waals surface area contributed by atoms with Gasteiger partial charge in [0.25, 0.3) is 0 Å². The first-order valence-corrected chi connectivity index (χ1v) is 9.36. The summed E-state index contributed by atoms with van der Waals surface area (Å²) in [5, 5.41) is 0. The zero-order chi connectivity index (χ0) is 17.1. The molecule has 4 rings (SSSR count). The van der Waals surface area contributed by atoms with Crippen molar-refractivity contribution in [1.82, 2.24) is 9.47 Å². The van der Waals surface area contributed by atoms with Crippen LogP contribution in [0.1, 0.15) is 30.0 Å². The number of hydrogen-bond acceptors (Lipinski definition) is 1. The van der Waals surface area contributed by atoms with Crippen LogP contribution in [0.25, 0.3) is 5.69 Å². The van der Waals surface area contributed by atoms with Gasteiger partial charge < -0.3 is 4.57 Å². The van der Waals surface area contributed by atoms with Gasteiger partial charge in [-0.05, 0) is 66.8 Å². The van der Waals surface area contributed by atoms with Crippen LogP contribution in [0, 0.1) is 0 Å². The van der Waals surface area contributed by atoms with Gasteiger partial charge >= 0.3 is 0 Å². The lowest BCUT2D eigenvalue weighted by atomic mass is 10.1. The van der Waals surface area contributed by atoms with Crippen LogP contribution in [-0.4, -0.2) is 22.1 Å². The Morgan fingerprint density at radius 2 is 1.68 bits per heavy atom. The molecule has 1 aliphatic rings. The lowest BCUT2D eigenvalue weighted by Crippen LogP contribution is -2.36. The summed E-state index contributed by atoms with van der Waals surface area (Å²) in [7, 11) is 0. The average molecular weight is 330 g/mol. The highest BCUT2D eigenvalue weighted by molar-refractivity contribution is 5.44. The predicted octanol–water partition coefficient (Wildman–Crippen LogP) is 4.86. The van der Waals surface area contributed by atoms with Crippen molar-refractivity contribution in [3.63, 3.8) is 0 Å². The molecule has 25 heavy (non-hydrogen) atoms. The van der Waals surface area contributed by atoms with Gasteiger partial charge in [-0.1, -0.05) is 43.3 Å². The fraction of sp³-hybridized carbons (Fsp3) is 0.304. The Bertz CT molecular complexity index is 805. The molecule has 2 heteroatoms. The molecular formula is C23H26N2. The summed E-state index contributed by atoms with van der Waals surface area (Å²) in [6.07, 6.45) is 7.78. The van der Waals surface area contributed by atoms with Crippen LogP contribution in [0.15, 0.2) is 73.1 Å². The van der Waals surface area contributed by atoms with Gasteiger partial charge in [0.2, 0.25) is 0 Å². The maximum absolute atomic E-state index is 2.67. The molecule has 0 radical (unpaired) electrons. The van der Waals surface area contributed by atoms with Crippen molar-refractivity contribution in [2.45, 2.75) is 38.8 Å². The van der Waals surface area contributed by atoms with Crippen molar-refractivity contribution >= 4 is 0 Å². The predicted molar refractivity (Wildman–Crippen MR) is 104 cm³/mol. The number of rotatable bonds is 6. The first-order chi connectivity index (χ1) is 12.3. The van der Waals surface area contributed by atoms with E-state index in [2.05, 4.69) is 89.4 Å². The highest BCUT2D eigenvalue weighted by Gasteiger charge is 2.26. The summed E-state index contributed by atoms with van der Waals surface area (Å²) in [5.74, 6) is 0. The zero-order valence-electron chi connectivity index (χ0n) is 14.9. The molecule has 1 atom stereocenters. The Morgan fingerprint density at radius 3 is 2.44 bits per heavy atom. The van der Waals surface area contributed by atoms with E-state index >= 15 is 0 Å². The maximum Gasteiger partial charge on any atom is 0.0452 e. The van der Waals surface area contributed by atoms with Crippen LogP contribution in [-0.2, 0) is 19.4 Å². The molecule has 0 aliphatic heterocycles. The topological polar surface area (TPSA) is 8.17 Å². The molecule has 1 unspecified atom stereocenters. The molecule has 3 aromatic rings. The smallest absolute Gasteiger partial charge is 0.0452 e. The average Bonchev–Trinajstić information content (AvgIpc) is 3.31. The minimum absolute atomic E-state index is 0.620. The Balaban J connectivity index is 1.52. The van der Waals surface area contributed by atoms with Crippen LogP contribution in [0.4, 0.5) is 0 Å². The summed E-state index contributed by atoms with van der Waals surface area (Å²) in [6.45, 7) is 4.50. The Hall–Kier alpha value is -2.32. The highest BCUT2D eigenvalue weighted by Crippen LogP contribution is 2.29. The third-order valence-electron chi connectivity index (χ3n) is 5.26. The van der Waals surface area contributed by atoms with Crippen molar-refractivity contribution in [3.8, 4) is 5.69 Å². The van der Waals surface area contributed by atoms with Crippen LogP contribution in [0.2, 0.25) is 0 Å². The minimum atomic E-state index is 0.620. The number of aromatic nitrogens is 1. The molecule has 1 aromatic heterocycles. The minimum Gasteiger partial charge on any atom is -0.324 e. The lowest BCUT2D eigenvalue weighted by Gasteiger charge is -2.28. The van der Waals surface area contributed by atoms with E-state index in [0.29, 0.717) is 6.04 Å². The van der Waals surface area contributed by atoms with Gasteiger partial charge in [-0.25, -0.2) is 0 Å². The third-order valence-corrected chi connectivity index (χ3v) is 5.26. The van der Waals surface area contributed by atoms with Gasteiger partial charge in [-0.15, -0.1) is 0 Å². The summed E-state index contributed by atoms with van der Waals surface area (Å²) in [4.78, 5) is 2.67. The van der Waals surface area contributed by atoms with Crippen LogP contribution >= 0.6 is 0 Å². The number of hydrogen-bond donors (Lipinski definition) is 0. The molecule has 0 bridgehead atoms. The standard InChI is InChI=1S/C23H26N2/c1-2-12-25(18-19-8-4-3-5-9-19)23-15-20-10-11-22(16-21(20)17-23)24-13-6-7-14-24/h3-11,13-14,16,23H,2,12,15,17-18H2,1H3. The van der Waals surface area contributed by atoms with Gasteiger partial charge in [0.1, 0.15) is 0 Å². The first-order valence-electron chi connectivity index (χ1n) is 9.36. The van der Waals surface area contributed by atoms with E-state index < -0.39 is 0 Å². The van der Waals surface area contributed by atoms with E-state index in [1.54, 1.807) is 0 Å². The Morgan fingerprint density at radius 1 is 0.920 bits per heavy atom. The van der Waals surface area contributed by atoms with Gasteiger partial charge in [0.15, 0.2) is 0 Å². The molecule has 128 valence electrons. The van der Waals surface area contributed by atoms with Crippen LogP contribution in [0.5, 0.6) is 0 Å². The fourth-order valence-electron chi connectivity index (χ4n) is 4.00. The summed E-state index contributed by atoms with van der Waals surface area (Å²) in [6, 6.07) is 22.6. The fourth-order valence-corrected chi connectivity index (χ4v) is 4.00. The molecule has 1 aliphatic carbocycles. The van der Waals surface area contributed by atoms with Crippen molar-refractivity contribution in [1.29, 1.82) is 0 Å². The number of fused-ring (bicyclic) bond motifs is 1. The van der Waals surface area contributed by atoms with Gasteiger partial charge in [0.05, 0.1) is 0 Å². The zero-order valence-corrected chi connectivity index (χ0v) is 14.9. The van der Waals surface area contributed by atoms with Crippen LogP contribution < -0.4 is 0 Å². The second-order valence-electron chi connectivity index (χ2n) is 7.06. The van der Waals surface area contributed by atoms with Gasteiger partial charge in [-0.2, -0.15) is 0 Å². The van der Waals surface area contributed by atoms with E-state index in [1.807, 2.05) is 0 Å². The lowest BCUT2D eigenvalue weighted by molar-refractivity contribution is 0.193. The SMILES string of the molecule is CCCN(Cc1ccccc1)C1Cc2ccc(-n3cccc3)cc2C1. The molecular weight excluding hydrogens is 304 g/mol. The maximum atomic E-state index is 2.67. The van der Waals surface area contributed by atoms with E-state index in [0.717, 1.165) is 19.5 Å². The third kappa shape index (κ3) is 3.54. The van der Waals surface area contributed by atoms with Crippen LogP contribution in [0.3, 0.4) is 0 Å². The highest BCUT2D eigenvalue weighted by atomic mass is 15.2. The second kappa shape index (κ2) is 7.28. The monoisotopic (exact) mass is 330 g/mol. The molecule has 0 fully saturated rings. The van der Waals surface area contributed by atoms with Crippen molar-refractivity contribution < 1.29 is 0 Å². The van der Waals surface area contributed by atoms with E-state index in [4.69, 9.17) is 0 Å². The molecule has 2 aromatic carbocycles. The normalized spacial score (nSPS) is 16.3. The molecule has 0 N–H and O–H groups in total. The molecule has 0 saturated heterocycles. The first kappa shape index (κ1) is 16.2. The summed E-state index contributed by atoms with van der Waals surface area (Å²) >= 11 is 0. The summed E-state index contributed by atoms with van der Waals surface area (Å²) in [5.41, 5.74) is 5.73. The van der Waals surface area contributed by atoms with E-state index in [-0.39, 0.29) is 0 Å². The molecule has 2 nitrogen and oxygen atoms in total. The van der Waals surface area contributed by atoms with Crippen molar-refractivity contribution in [2.75, 3.05) is 6.54 Å². The number of benzene rings is 2. The number of nitrogens with zero attached hydrogens (tertiary/aromatic N) is 2. The Labute approximate surface area is 150 Å². The van der Waals surface area contributed by atoms with Crippen molar-refractivity contribution in [2.24, 2.45) is 0 Å². The quantitative estimate of drug-likeness (QED) is 0.627. The summed E-state index contributed by atoms with van der Waals surface area (Å²) < 4.78 is 2.20. The molecule has 0 saturated carbocycles.